The molecule has 1 saturated heterocycles. The number of likely N-dealkylation sites (tertiary alicyclic amines) is 1. The van der Waals surface area contributed by atoms with E-state index in [9.17, 15) is 15.2 Å². The number of ether oxygens (including phenoxy) is 1. The predicted molar refractivity (Wildman–Crippen MR) is 113 cm³/mol. The van der Waals surface area contributed by atoms with Crippen molar-refractivity contribution in [2.24, 2.45) is 5.92 Å². The quantitative estimate of drug-likeness (QED) is 0.801. The normalized spacial score (nSPS) is 22.7. The summed E-state index contributed by atoms with van der Waals surface area (Å²) in [5, 5.41) is 19.6. The zero-order valence-electron chi connectivity index (χ0n) is 16.9. The van der Waals surface area contributed by atoms with Gasteiger partial charge in [-0.1, -0.05) is 42.5 Å². The van der Waals surface area contributed by atoms with Crippen molar-refractivity contribution in [1.82, 2.24) is 4.90 Å². The molecule has 1 N–H and O–H groups in total. The lowest BCUT2D eigenvalue weighted by Crippen LogP contribution is -2.66. The summed E-state index contributed by atoms with van der Waals surface area (Å²) in [6.45, 7) is -0.142. The van der Waals surface area contributed by atoms with Crippen LogP contribution in [0.5, 0.6) is 5.75 Å². The molecule has 1 saturated carbocycles. The van der Waals surface area contributed by atoms with E-state index in [1.54, 1.807) is 12.0 Å². The predicted octanol–water partition coefficient (Wildman–Crippen LogP) is 3.07. The number of amides is 1. The first-order valence-corrected chi connectivity index (χ1v) is 10.3. The van der Waals surface area contributed by atoms with Gasteiger partial charge in [-0.15, -0.1) is 0 Å². The fourth-order valence-corrected chi connectivity index (χ4v) is 4.25. The van der Waals surface area contributed by atoms with Gasteiger partial charge < -0.3 is 14.7 Å². The van der Waals surface area contributed by atoms with Crippen LogP contribution in [-0.4, -0.2) is 41.7 Å². The number of aliphatic hydroxyl groups is 1. The Balaban J connectivity index is 1.52. The third kappa shape index (κ3) is 3.54. The van der Waals surface area contributed by atoms with Gasteiger partial charge in [0.1, 0.15) is 11.8 Å². The molecule has 1 aliphatic heterocycles. The van der Waals surface area contributed by atoms with Gasteiger partial charge in [0.2, 0.25) is 5.91 Å². The highest BCUT2D eigenvalue weighted by Crippen LogP contribution is 2.43. The highest BCUT2D eigenvalue weighted by atomic mass is 16.5. The Hall–Kier alpha value is -3.28. The molecule has 30 heavy (non-hydrogen) atoms. The summed E-state index contributed by atoms with van der Waals surface area (Å²) >= 11 is 0. The number of carbonyl (C=O) groups excluding carboxylic acids is 1. The zero-order valence-corrected chi connectivity index (χ0v) is 16.9. The Bertz CT molecular complexity index is 1020. The molecule has 5 heteroatoms. The van der Waals surface area contributed by atoms with Crippen molar-refractivity contribution in [2.75, 3.05) is 13.7 Å². The van der Waals surface area contributed by atoms with Crippen molar-refractivity contribution in [2.45, 2.75) is 37.3 Å². The van der Waals surface area contributed by atoms with E-state index in [4.69, 9.17) is 4.74 Å². The first-order chi connectivity index (χ1) is 14.7. The first-order valence-electron chi connectivity index (χ1n) is 10.3. The van der Waals surface area contributed by atoms with Gasteiger partial charge in [0.05, 0.1) is 31.4 Å². The van der Waals surface area contributed by atoms with Gasteiger partial charge in [0.25, 0.3) is 0 Å². The highest BCUT2D eigenvalue weighted by Gasteiger charge is 2.53. The topological polar surface area (TPSA) is 73.6 Å². The maximum Gasteiger partial charge on any atom is 0.227 e. The molecular formula is C25H24N2O3. The molecule has 4 rings (SSSR count). The van der Waals surface area contributed by atoms with Crippen molar-refractivity contribution in [3.63, 3.8) is 0 Å². The smallest absolute Gasteiger partial charge is 0.227 e. The molecular weight excluding hydrogens is 376 g/mol. The van der Waals surface area contributed by atoms with E-state index in [0.717, 1.165) is 41.7 Å². The third-order valence-corrected chi connectivity index (χ3v) is 6.18. The minimum Gasteiger partial charge on any atom is -0.495 e. The minimum absolute atomic E-state index is 0.0161. The van der Waals surface area contributed by atoms with Crippen LogP contribution in [0.1, 0.15) is 41.9 Å². The maximum atomic E-state index is 12.7. The number of hydrogen-bond donors (Lipinski definition) is 1. The van der Waals surface area contributed by atoms with Gasteiger partial charge in [0, 0.05) is 17.4 Å². The van der Waals surface area contributed by atoms with Crippen LogP contribution in [0.3, 0.4) is 0 Å². The molecule has 2 aromatic rings. The molecule has 0 spiro atoms. The van der Waals surface area contributed by atoms with Crippen molar-refractivity contribution in [3.8, 4) is 23.7 Å². The summed E-state index contributed by atoms with van der Waals surface area (Å²) in [4.78, 5) is 14.3. The lowest BCUT2D eigenvalue weighted by molar-refractivity contribution is -0.154. The van der Waals surface area contributed by atoms with E-state index >= 15 is 0 Å². The second kappa shape index (κ2) is 8.61. The average Bonchev–Trinajstić information content (AvgIpc) is 2.72. The Morgan fingerprint density at radius 3 is 2.50 bits per heavy atom. The maximum absolute atomic E-state index is 12.7. The Morgan fingerprint density at radius 2 is 1.90 bits per heavy atom. The molecule has 2 fully saturated rings. The number of para-hydroxylation sites is 1. The number of aliphatic hydroxyl groups excluding tert-OH is 1. The largest absolute Gasteiger partial charge is 0.495 e. The van der Waals surface area contributed by atoms with Crippen LogP contribution in [0.4, 0.5) is 0 Å². The molecule has 1 aliphatic carbocycles. The van der Waals surface area contributed by atoms with Gasteiger partial charge in [-0.2, -0.15) is 5.26 Å². The number of rotatable bonds is 4. The summed E-state index contributed by atoms with van der Waals surface area (Å²) < 4.78 is 5.32. The van der Waals surface area contributed by atoms with Crippen molar-refractivity contribution in [3.05, 3.63) is 65.2 Å². The Morgan fingerprint density at radius 1 is 1.17 bits per heavy atom. The summed E-state index contributed by atoms with van der Waals surface area (Å²) in [5.41, 5.74) is 2.61. The molecule has 2 aromatic carbocycles. The molecule has 152 valence electrons. The van der Waals surface area contributed by atoms with Crippen LogP contribution in [0.2, 0.25) is 0 Å². The second-order valence-electron chi connectivity index (χ2n) is 7.80. The van der Waals surface area contributed by atoms with Crippen LogP contribution >= 0.6 is 0 Å². The van der Waals surface area contributed by atoms with E-state index in [1.807, 2.05) is 48.5 Å². The van der Waals surface area contributed by atoms with Crippen molar-refractivity contribution in [1.29, 1.82) is 5.26 Å². The van der Waals surface area contributed by atoms with Gasteiger partial charge in [-0.25, -0.2) is 0 Å². The van der Waals surface area contributed by atoms with Crippen molar-refractivity contribution < 1.29 is 14.6 Å². The first kappa shape index (κ1) is 20.0. The van der Waals surface area contributed by atoms with Gasteiger partial charge in [-0.3, -0.25) is 4.79 Å². The fraction of sp³-hybridized carbons (Fsp3) is 0.360. The SMILES string of the molecule is COc1ccccc1C#Cc1ccc([C@H]2[C@@H](C#N)N(C(=O)C3CCC3)[C@@H]2CO)cc1. The van der Waals surface area contributed by atoms with Crippen LogP contribution in [0, 0.1) is 29.1 Å². The number of benzene rings is 2. The van der Waals surface area contributed by atoms with Crippen LogP contribution in [-0.2, 0) is 4.79 Å². The molecule has 0 radical (unpaired) electrons. The third-order valence-electron chi connectivity index (χ3n) is 6.18. The number of nitrogens with zero attached hydrogens (tertiary/aromatic N) is 2. The van der Waals surface area contributed by atoms with E-state index in [0.29, 0.717) is 0 Å². The lowest BCUT2D eigenvalue weighted by atomic mass is 9.73. The summed E-state index contributed by atoms with van der Waals surface area (Å²) in [6.07, 6.45) is 2.83. The number of carbonyl (C=O) groups is 1. The van der Waals surface area contributed by atoms with Gasteiger partial charge >= 0.3 is 0 Å². The molecule has 1 amide bonds. The molecule has 3 atom stereocenters. The van der Waals surface area contributed by atoms with Crippen LogP contribution in [0.15, 0.2) is 48.5 Å². The molecule has 5 nitrogen and oxygen atoms in total. The molecule has 0 bridgehead atoms. The van der Waals surface area contributed by atoms with Crippen LogP contribution < -0.4 is 4.74 Å². The summed E-state index contributed by atoms with van der Waals surface area (Å²) in [7, 11) is 1.62. The lowest BCUT2D eigenvalue weighted by Gasteiger charge is -2.53. The molecule has 1 heterocycles. The van der Waals surface area contributed by atoms with Crippen LogP contribution in [0.25, 0.3) is 0 Å². The Labute approximate surface area is 176 Å². The van der Waals surface area contributed by atoms with Crippen molar-refractivity contribution >= 4 is 5.91 Å². The zero-order chi connectivity index (χ0) is 21.1. The number of methoxy groups -OCH3 is 1. The van der Waals surface area contributed by atoms with E-state index < -0.39 is 6.04 Å². The fourth-order valence-electron chi connectivity index (χ4n) is 4.25. The number of nitriles is 1. The van der Waals surface area contributed by atoms with E-state index in [-0.39, 0.29) is 30.4 Å². The molecule has 0 aromatic heterocycles. The monoisotopic (exact) mass is 400 g/mol. The average molecular weight is 400 g/mol. The summed E-state index contributed by atoms with van der Waals surface area (Å²) in [6, 6.07) is 16.7. The van der Waals surface area contributed by atoms with E-state index in [2.05, 4.69) is 17.9 Å². The summed E-state index contributed by atoms with van der Waals surface area (Å²) in [5.74, 6) is 6.84. The van der Waals surface area contributed by atoms with E-state index in [1.165, 1.54) is 0 Å². The van der Waals surface area contributed by atoms with Gasteiger partial charge in [-0.05, 0) is 42.7 Å². The number of hydrogen-bond acceptors (Lipinski definition) is 4. The second-order valence-corrected chi connectivity index (χ2v) is 7.80. The minimum atomic E-state index is -0.527. The molecule has 0 unspecified atom stereocenters. The highest BCUT2D eigenvalue weighted by molar-refractivity contribution is 5.82. The van der Waals surface area contributed by atoms with Gasteiger partial charge in [0.15, 0.2) is 0 Å². The Kier molecular flexibility index (Phi) is 5.74. The standard InChI is InChI=1S/C25H24N2O3/c1-30-23-8-3-2-5-18(23)12-9-17-10-13-19(14-11-17)24-21(15-26)27(22(24)16-28)25(29)20-6-4-7-20/h2-3,5,8,10-11,13-14,20-22,24,28H,4,6-7,16H2,1H3/t21-,22-,24+/m1/s1. The molecule has 2 aliphatic rings.